The van der Waals surface area contributed by atoms with E-state index >= 15 is 0 Å². The van der Waals surface area contributed by atoms with Gasteiger partial charge in [0.1, 0.15) is 11.8 Å². The lowest BCUT2D eigenvalue weighted by Crippen LogP contribution is -2.51. The number of anilines is 2. The molecule has 0 aliphatic carbocycles. The summed E-state index contributed by atoms with van der Waals surface area (Å²) in [6, 6.07) is 7.96. The summed E-state index contributed by atoms with van der Waals surface area (Å²) in [6.45, 7) is 5.77. The van der Waals surface area contributed by atoms with Gasteiger partial charge in [0.15, 0.2) is 5.66 Å². The molecular weight excluding hydrogens is 316 g/mol. The molecule has 3 rings (SSSR count). The predicted octanol–water partition coefficient (Wildman–Crippen LogP) is 2.19. The van der Waals surface area contributed by atoms with Crippen molar-refractivity contribution in [3.8, 4) is 11.8 Å². The van der Waals surface area contributed by atoms with Crippen LogP contribution < -0.4 is 20.9 Å². The van der Waals surface area contributed by atoms with E-state index in [1.165, 1.54) is 0 Å². The van der Waals surface area contributed by atoms with Crippen molar-refractivity contribution in [3.05, 3.63) is 50.9 Å². The fourth-order valence-electron chi connectivity index (χ4n) is 3.57. The van der Waals surface area contributed by atoms with E-state index < -0.39 is 5.66 Å². The molecule has 0 amide bonds. The van der Waals surface area contributed by atoms with Crippen molar-refractivity contribution in [2.75, 3.05) is 12.0 Å². The maximum atomic E-state index is 12.7. The normalized spacial score (nSPS) is 18.8. The Morgan fingerprint density at radius 1 is 1.32 bits per heavy atom. The van der Waals surface area contributed by atoms with E-state index in [0.717, 1.165) is 28.3 Å². The first kappa shape index (κ1) is 17.1. The van der Waals surface area contributed by atoms with Gasteiger partial charge < -0.3 is 14.2 Å². The summed E-state index contributed by atoms with van der Waals surface area (Å²) in [4.78, 5) is 14.5. The summed E-state index contributed by atoms with van der Waals surface area (Å²) < 4.78 is 7.03. The molecule has 1 aromatic heterocycles. The molecule has 6 nitrogen and oxygen atoms in total. The minimum Gasteiger partial charge on any atom is -0.496 e. The van der Waals surface area contributed by atoms with Crippen molar-refractivity contribution >= 4 is 11.4 Å². The van der Waals surface area contributed by atoms with E-state index in [2.05, 4.69) is 6.07 Å². The van der Waals surface area contributed by atoms with Crippen LogP contribution in [0.2, 0.25) is 0 Å². The van der Waals surface area contributed by atoms with Gasteiger partial charge in [-0.25, -0.2) is 0 Å². The average Bonchev–Trinajstić information content (AvgIpc) is 2.87. The monoisotopic (exact) mass is 338 g/mol. The fourth-order valence-corrected chi connectivity index (χ4v) is 3.57. The van der Waals surface area contributed by atoms with Gasteiger partial charge in [0.2, 0.25) is 0 Å². The zero-order valence-corrected chi connectivity index (χ0v) is 15.2. The Hall–Kier alpha value is -2.78. The Balaban J connectivity index is 2.38. The summed E-state index contributed by atoms with van der Waals surface area (Å²) in [6.07, 6.45) is 0.182. The summed E-state index contributed by atoms with van der Waals surface area (Å²) in [7, 11) is 3.34. The lowest BCUT2D eigenvalue weighted by atomic mass is 10.0. The number of ether oxygens (including phenoxy) is 1. The molecule has 1 aliphatic rings. The minimum absolute atomic E-state index is 0.110. The molecule has 130 valence electrons. The number of aromatic nitrogens is 1. The van der Waals surface area contributed by atoms with Gasteiger partial charge in [-0.3, -0.25) is 10.5 Å². The number of fused-ring (bicyclic) bond motifs is 1. The van der Waals surface area contributed by atoms with Crippen LogP contribution in [0.5, 0.6) is 5.75 Å². The van der Waals surface area contributed by atoms with Gasteiger partial charge in [-0.1, -0.05) is 6.07 Å². The molecule has 0 bridgehead atoms. The number of pyridine rings is 1. The van der Waals surface area contributed by atoms with Crippen molar-refractivity contribution in [3.63, 3.8) is 0 Å². The van der Waals surface area contributed by atoms with Gasteiger partial charge in [-0.2, -0.15) is 5.26 Å². The molecule has 0 spiro atoms. The molecule has 1 atom stereocenters. The molecule has 0 radical (unpaired) electrons. The number of benzene rings is 1. The molecule has 0 saturated heterocycles. The van der Waals surface area contributed by atoms with Crippen LogP contribution in [0.1, 0.15) is 22.4 Å². The Bertz CT molecular complexity index is 971. The maximum Gasteiger partial charge on any atom is 0.255 e. The van der Waals surface area contributed by atoms with E-state index in [4.69, 9.17) is 10.5 Å². The molecule has 0 fully saturated rings. The van der Waals surface area contributed by atoms with Crippen molar-refractivity contribution in [2.24, 2.45) is 12.8 Å². The van der Waals surface area contributed by atoms with E-state index in [0.29, 0.717) is 11.3 Å². The van der Waals surface area contributed by atoms with Crippen molar-refractivity contribution in [1.29, 1.82) is 5.26 Å². The molecule has 6 heteroatoms. The topological polar surface area (TPSA) is 84.3 Å². The lowest BCUT2D eigenvalue weighted by Gasteiger charge is -2.34. The summed E-state index contributed by atoms with van der Waals surface area (Å²) in [5, 5.41) is 9.81. The smallest absolute Gasteiger partial charge is 0.255 e. The van der Waals surface area contributed by atoms with Crippen LogP contribution in [0.15, 0.2) is 23.0 Å². The molecule has 2 heterocycles. The zero-order chi connectivity index (χ0) is 18.5. The first-order chi connectivity index (χ1) is 11.7. The number of nitrogens with zero attached hydrogens (tertiary/aromatic N) is 3. The highest BCUT2D eigenvalue weighted by atomic mass is 16.5. The highest BCUT2D eigenvalue weighted by Crippen LogP contribution is 2.45. The highest BCUT2D eigenvalue weighted by molar-refractivity contribution is 5.79. The van der Waals surface area contributed by atoms with Gasteiger partial charge in [0.25, 0.3) is 5.56 Å². The minimum atomic E-state index is -1.32. The van der Waals surface area contributed by atoms with Crippen LogP contribution in [-0.2, 0) is 13.5 Å². The summed E-state index contributed by atoms with van der Waals surface area (Å²) >= 11 is 0. The average molecular weight is 338 g/mol. The second kappa shape index (κ2) is 5.64. The number of aryl methyl sites for hydroxylation is 2. The van der Waals surface area contributed by atoms with Crippen LogP contribution in [0.25, 0.3) is 0 Å². The van der Waals surface area contributed by atoms with Crippen LogP contribution in [-0.4, -0.2) is 17.3 Å². The summed E-state index contributed by atoms with van der Waals surface area (Å²) in [5.41, 5.74) is 9.78. The van der Waals surface area contributed by atoms with Gasteiger partial charge in [-0.15, -0.1) is 0 Å². The Morgan fingerprint density at radius 2 is 2.00 bits per heavy atom. The third-order valence-electron chi connectivity index (χ3n) is 5.05. The standard InChI is InChI=1S/C19H22N4O2/c1-11-6-7-16(25-5)13(3)17(11)23-15-8-12(2)22(4)18(24)14(15)9-19(23,21)10-20/h6-8H,9,21H2,1-5H3. The van der Waals surface area contributed by atoms with Crippen LogP contribution >= 0.6 is 0 Å². The van der Waals surface area contributed by atoms with E-state index in [1.807, 2.05) is 39.0 Å². The second-order valence-corrected chi connectivity index (χ2v) is 6.62. The quantitative estimate of drug-likeness (QED) is 0.907. The number of rotatable bonds is 2. The van der Waals surface area contributed by atoms with Gasteiger partial charge in [0.05, 0.1) is 18.5 Å². The SMILES string of the molecule is COc1ccc(C)c(N2c3cc(C)n(C)c(=O)c3CC2(N)C#N)c1C. The lowest BCUT2D eigenvalue weighted by molar-refractivity contribution is 0.411. The van der Waals surface area contributed by atoms with Crippen molar-refractivity contribution in [1.82, 2.24) is 4.57 Å². The van der Waals surface area contributed by atoms with Gasteiger partial charge in [0, 0.05) is 30.3 Å². The Morgan fingerprint density at radius 3 is 2.60 bits per heavy atom. The zero-order valence-electron chi connectivity index (χ0n) is 15.2. The largest absolute Gasteiger partial charge is 0.496 e. The number of methoxy groups -OCH3 is 1. The first-order valence-corrected chi connectivity index (χ1v) is 8.09. The van der Waals surface area contributed by atoms with Crippen LogP contribution in [0.4, 0.5) is 11.4 Å². The molecule has 2 N–H and O–H groups in total. The number of hydrogen-bond acceptors (Lipinski definition) is 5. The molecule has 0 saturated carbocycles. The molecule has 1 aromatic carbocycles. The molecule has 25 heavy (non-hydrogen) atoms. The van der Waals surface area contributed by atoms with Gasteiger partial charge in [-0.05, 0) is 38.5 Å². The third-order valence-corrected chi connectivity index (χ3v) is 5.05. The molecule has 2 aromatic rings. The number of nitriles is 1. The highest BCUT2D eigenvalue weighted by Gasteiger charge is 2.45. The number of nitrogens with two attached hydrogens (primary N) is 1. The summed E-state index contributed by atoms with van der Waals surface area (Å²) in [5.74, 6) is 0.717. The number of hydrogen-bond donors (Lipinski definition) is 1. The maximum absolute atomic E-state index is 12.7. The van der Waals surface area contributed by atoms with Crippen molar-refractivity contribution < 1.29 is 4.74 Å². The van der Waals surface area contributed by atoms with Crippen LogP contribution in [0, 0.1) is 32.1 Å². The second-order valence-electron chi connectivity index (χ2n) is 6.62. The first-order valence-electron chi connectivity index (χ1n) is 8.09. The fraction of sp³-hybridized carbons (Fsp3) is 0.368. The van der Waals surface area contributed by atoms with E-state index in [1.54, 1.807) is 23.6 Å². The van der Waals surface area contributed by atoms with Crippen molar-refractivity contribution in [2.45, 2.75) is 32.9 Å². The molecular formula is C19H22N4O2. The Kier molecular flexibility index (Phi) is 3.85. The van der Waals surface area contributed by atoms with E-state index in [-0.39, 0.29) is 12.0 Å². The Labute approximate surface area is 147 Å². The van der Waals surface area contributed by atoms with Gasteiger partial charge >= 0.3 is 0 Å². The molecule has 1 unspecified atom stereocenters. The van der Waals surface area contributed by atoms with E-state index in [9.17, 15) is 10.1 Å². The third kappa shape index (κ3) is 2.31. The molecule has 1 aliphatic heterocycles. The predicted molar refractivity (Wildman–Crippen MR) is 97.3 cm³/mol. The van der Waals surface area contributed by atoms with Crippen LogP contribution in [0.3, 0.4) is 0 Å².